The molecule has 0 saturated heterocycles. The smallest absolute Gasteiger partial charge is 0.358 e. The van der Waals surface area contributed by atoms with Crippen molar-refractivity contribution in [3.05, 3.63) is 40.7 Å². The summed E-state index contributed by atoms with van der Waals surface area (Å²) in [6.07, 6.45) is 0.788. The molecular weight excluding hydrogens is 448 g/mol. The van der Waals surface area contributed by atoms with Crippen molar-refractivity contribution in [1.29, 1.82) is 0 Å². The van der Waals surface area contributed by atoms with Gasteiger partial charge in [0.15, 0.2) is 5.69 Å². The number of fused-ring (bicyclic) bond motifs is 1. The van der Waals surface area contributed by atoms with Crippen LogP contribution in [0.2, 0.25) is 5.02 Å². The third-order valence-corrected chi connectivity index (χ3v) is 5.75. The Kier molecular flexibility index (Phi) is 7.31. The molecule has 178 valence electrons. The molecule has 0 bridgehead atoms. The maximum absolute atomic E-state index is 13.7. The lowest BCUT2D eigenvalue weighted by Crippen LogP contribution is -2.64. The van der Waals surface area contributed by atoms with Crippen molar-refractivity contribution in [3.8, 4) is 5.75 Å². The molecule has 2 aromatic rings. The molecule has 1 N–H and O–H groups in total. The summed E-state index contributed by atoms with van der Waals surface area (Å²) in [4.78, 5) is 40.8. The number of nitrogens with zero attached hydrogens (tertiary/aromatic N) is 3. The van der Waals surface area contributed by atoms with Gasteiger partial charge in [0, 0.05) is 17.6 Å². The number of carbonyl (C=O) groups is 3. The summed E-state index contributed by atoms with van der Waals surface area (Å²) in [5.41, 5.74) is -0.853. The highest BCUT2D eigenvalue weighted by Gasteiger charge is 2.50. The lowest BCUT2D eigenvalue weighted by molar-refractivity contribution is -0.126. The fourth-order valence-corrected chi connectivity index (χ4v) is 3.93. The molecule has 1 atom stereocenters. The minimum Gasteiger partial charge on any atom is -0.495 e. The summed E-state index contributed by atoms with van der Waals surface area (Å²) < 4.78 is 11.9. The molecule has 0 radical (unpaired) electrons. The number of amides is 2. The van der Waals surface area contributed by atoms with E-state index < -0.39 is 17.4 Å². The van der Waals surface area contributed by atoms with E-state index in [1.807, 2.05) is 0 Å². The van der Waals surface area contributed by atoms with Gasteiger partial charge in [-0.05, 0) is 44.4 Å². The van der Waals surface area contributed by atoms with Gasteiger partial charge in [-0.2, -0.15) is 5.10 Å². The van der Waals surface area contributed by atoms with Gasteiger partial charge in [-0.25, -0.2) is 4.79 Å². The molecule has 10 heteroatoms. The monoisotopic (exact) mass is 476 g/mol. The second kappa shape index (κ2) is 9.82. The number of hydrogen-bond acceptors (Lipinski definition) is 6. The predicted molar refractivity (Wildman–Crippen MR) is 124 cm³/mol. The van der Waals surface area contributed by atoms with Crippen LogP contribution in [-0.2, 0) is 16.1 Å². The summed E-state index contributed by atoms with van der Waals surface area (Å²) in [6.45, 7) is 8.13. The van der Waals surface area contributed by atoms with Crippen LogP contribution in [0.4, 0.5) is 5.69 Å². The van der Waals surface area contributed by atoms with E-state index in [-0.39, 0.29) is 30.4 Å². The van der Waals surface area contributed by atoms with Crippen molar-refractivity contribution >= 4 is 35.1 Å². The average Bonchev–Trinajstić information content (AvgIpc) is 3.18. The van der Waals surface area contributed by atoms with Crippen LogP contribution in [0.1, 0.15) is 55.1 Å². The Labute approximate surface area is 198 Å². The topological polar surface area (TPSA) is 103 Å². The van der Waals surface area contributed by atoms with Gasteiger partial charge < -0.3 is 14.8 Å². The van der Waals surface area contributed by atoms with Crippen LogP contribution >= 0.6 is 11.6 Å². The van der Waals surface area contributed by atoms with Gasteiger partial charge in [0.05, 0.1) is 25.9 Å². The molecule has 0 spiro atoms. The van der Waals surface area contributed by atoms with Crippen LogP contribution in [0.5, 0.6) is 5.75 Å². The highest BCUT2D eigenvalue weighted by molar-refractivity contribution is 6.31. The van der Waals surface area contributed by atoms with E-state index in [2.05, 4.69) is 24.3 Å². The van der Waals surface area contributed by atoms with Gasteiger partial charge in [-0.15, -0.1) is 0 Å². The second-order valence-electron chi connectivity index (χ2n) is 8.46. The first-order valence-corrected chi connectivity index (χ1v) is 11.2. The Hall–Kier alpha value is -3.07. The van der Waals surface area contributed by atoms with E-state index in [0.29, 0.717) is 28.9 Å². The van der Waals surface area contributed by atoms with Crippen LogP contribution in [0.15, 0.2) is 24.3 Å². The summed E-state index contributed by atoms with van der Waals surface area (Å²) in [7, 11) is 1.48. The number of benzene rings is 1. The molecule has 1 aromatic heterocycles. The van der Waals surface area contributed by atoms with Crippen molar-refractivity contribution in [2.75, 3.05) is 25.2 Å². The van der Waals surface area contributed by atoms with E-state index in [0.717, 1.165) is 6.42 Å². The molecule has 1 aliphatic rings. The normalized spacial score (nSPS) is 17.7. The van der Waals surface area contributed by atoms with E-state index >= 15 is 0 Å². The number of aromatic nitrogens is 2. The number of anilines is 1. The molecule has 1 aliphatic heterocycles. The number of nitrogens with one attached hydrogen (secondary N) is 1. The lowest BCUT2D eigenvalue weighted by atomic mass is 9.93. The largest absolute Gasteiger partial charge is 0.495 e. The highest BCUT2D eigenvalue weighted by atomic mass is 35.5. The fourth-order valence-electron chi connectivity index (χ4n) is 3.77. The van der Waals surface area contributed by atoms with Crippen molar-refractivity contribution < 1.29 is 23.9 Å². The number of hydrogen-bond donors (Lipinski definition) is 1. The summed E-state index contributed by atoms with van der Waals surface area (Å²) in [6, 6.07) is 6.23. The van der Waals surface area contributed by atoms with Gasteiger partial charge in [0.2, 0.25) is 5.91 Å². The van der Waals surface area contributed by atoms with Gasteiger partial charge in [0.1, 0.15) is 17.0 Å². The quantitative estimate of drug-likeness (QED) is 0.586. The van der Waals surface area contributed by atoms with Crippen molar-refractivity contribution in [1.82, 2.24) is 15.1 Å². The molecule has 9 nitrogen and oxygen atoms in total. The molecule has 1 aromatic carbocycles. The maximum Gasteiger partial charge on any atom is 0.358 e. The third-order valence-electron chi connectivity index (χ3n) is 5.52. The Morgan fingerprint density at radius 1 is 1.30 bits per heavy atom. The first kappa shape index (κ1) is 24.6. The molecule has 0 fully saturated rings. The maximum atomic E-state index is 13.7. The fraction of sp³-hybridized carbons (Fsp3) is 0.478. The van der Waals surface area contributed by atoms with Crippen LogP contribution in [0.3, 0.4) is 0 Å². The van der Waals surface area contributed by atoms with Crippen LogP contribution < -0.4 is 15.0 Å². The number of methoxy groups -OCH3 is 1. The molecule has 2 amide bonds. The SMILES string of the molecule is CCOC(=O)c1cc2n(n1)C[C@@](C)(C(=O)NCCC(C)C)N(c1cc(Cl)ccc1OC)C2=O. The van der Waals surface area contributed by atoms with Crippen LogP contribution in [0, 0.1) is 5.92 Å². The van der Waals surface area contributed by atoms with Crippen molar-refractivity contribution in [2.45, 2.75) is 46.2 Å². The Morgan fingerprint density at radius 3 is 2.67 bits per heavy atom. The third kappa shape index (κ3) is 4.83. The van der Waals surface area contributed by atoms with Gasteiger partial charge in [-0.1, -0.05) is 25.4 Å². The zero-order valence-electron chi connectivity index (χ0n) is 19.5. The summed E-state index contributed by atoms with van der Waals surface area (Å²) >= 11 is 6.24. The standard InChI is InChI=1S/C23H29ClN4O5/c1-6-33-21(30)16-12-18-20(29)28(17-11-15(24)7-8-19(17)32-5)23(4,13-27(18)26-16)22(31)25-10-9-14(2)3/h7-8,11-12,14H,6,9-10,13H2,1-5H3,(H,25,31)/t23-/m0/s1. The zero-order valence-corrected chi connectivity index (χ0v) is 20.2. The van der Waals surface area contributed by atoms with Gasteiger partial charge >= 0.3 is 5.97 Å². The first-order valence-electron chi connectivity index (χ1n) is 10.8. The minimum absolute atomic E-state index is 0.00248. The zero-order chi connectivity index (χ0) is 24.3. The van der Waals surface area contributed by atoms with E-state index in [9.17, 15) is 14.4 Å². The number of halogens is 1. The summed E-state index contributed by atoms with van der Waals surface area (Å²) in [5.74, 6) is -0.710. The molecular formula is C23H29ClN4O5. The van der Waals surface area contributed by atoms with Crippen LogP contribution in [0.25, 0.3) is 0 Å². The number of ether oxygens (including phenoxy) is 2. The molecule has 0 aliphatic carbocycles. The number of rotatable bonds is 8. The molecule has 0 saturated carbocycles. The van der Waals surface area contributed by atoms with E-state index in [1.54, 1.807) is 32.0 Å². The summed E-state index contributed by atoms with van der Waals surface area (Å²) in [5, 5.41) is 7.57. The van der Waals surface area contributed by atoms with E-state index in [1.165, 1.54) is 22.8 Å². The lowest BCUT2D eigenvalue weighted by Gasteiger charge is -2.43. The molecule has 0 unspecified atom stereocenters. The van der Waals surface area contributed by atoms with Crippen molar-refractivity contribution in [2.24, 2.45) is 5.92 Å². The Bertz CT molecular complexity index is 1070. The van der Waals surface area contributed by atoms with Crippen LogP contribution in [-0.4, -0.2) is 53.4 Å². The first-order chi connectivity index (χ1) is 15.6. The van der Waals surface area contributed by atoms with Gasteiger partial charge in [-0.3, -0.25) is 19.2 Å². The van der Waals surface area contributed by atoms with E-state index in [4.69, 9.17) is 21.1 Å². The molecule has 3 rings (SSSR count). The second-order valence-corrected chi connectivity index (χ2v) is 8.90. The molecule has 33 heavy (non-hydrogen) atoms. The average molecular weight is 477 g/mol. The minimum atomic E-state index is -1.36. The Balaban J connectivity index is 2.11. The number of esters is 1. The van der Waals surface area contributed by atoms with Gasteiger partial charge in [0.25, 0.3) is 5.91 Å². The number of carbonyl (C=O) groups excluding carboxylic acids is 3. The molecule has 2 heterocycles. The van der Waals surface area contributed by atoms with Crippen molar-refractivity contribution in [3.63, 3.8) is 0 Å². The highest BCUT2D eigenvalue weighted by Crippen LogP contribution is 2.39. The predicted octanol–water partition coefficient (Wildman–Crippen LogP) is 3.30. The Morgan fingerprint density at radius 2 is 2.03 bits per heavy atom.